The lowest BCUT2D eigenvalue weighted by molar-refractivity contribution is -0.384. The minimum Gasteiger partial charge on any atom is -0.379 e. The molecule has 0 bridgehead atoms. The summed E-state index contributed by atoms with van der Waals surface area (Å²) in [6, 6.07) is 3.33. The Labute approximate surface area is 172 Å². The Morgan fingerprint density at radius 2 is 2.07 bits per heavy atom. The Hall–Kier alpha value is -2.57. The van der Waals surface area contributed by atoms with Crippen LogP contribution in [0.5, 0.6) is 0 Å². The van der Waals surface area contributed by atoms with E-state index in [2.05, 4.69) is 15.6 Å². The summed E-state index contributed by atoms with van der Waals surface area (Å²) < 4.78 is 22.7. The number of amides is 1. The normalized spacial score (nSPS) is 11.2. The first-order chi connectivity index (χ1) is 13.7. The average Bonchev–Trinajstić information content (AvgIpc) is 3.05. The molecule has 0 aliphatic heterocycles. The van der Waals surface area contributed by atoms with Crippen molar-refractivity contribution < 1.29 is 18.1 Å². The number of nitrogens with one attached hydrogen (secondary N) is 2. The lowest BCUT2D eigenvalue weighted by Gasteiger charge is -2.09. The summed E-state index contributed by atoms with van der Waals surface area (Å²) in [7, 11) is -4.04. The van der Waals surface area contributed by atoms with E-state index in [4.69, 9.17) is 5.14 Å². The zero-order valence-corrected chi connectivity index (χ0v) is 17.5. The van der Waals surface area contributed by atoms with Crippen LogP contribution < -0.4 is 15.8 Å². The van der Waals surface area contributed by atoms with Gasteiger partial charge in [-0.3, -0.25) is 14.9 Å². The lowest BCUT2D eigenvalue weighted by Crippen LogP contribution is -2.26. The van der Waals surface area contributed by atoms with E-state index in [-0.39, 0.29) is 29.5 Å². The molecular weight excluding hydrogens is 418 g/mol. The molecular formula is C17H23N5O5S2. The van der Waals surface area contributed by atoms with Crippen molar-refractivity contribution in [1.82, 2.24) is 10.3 Å². The second-order valence-electron chi connectivity index (χ2n) is 6.35. The van der Waals surface area contributed by atoms with Gasteiger partial charge in [-0.2, -0.15) is 0 Å². The van der Waals surface area contributed by atoms with Gasteiger partial charge in [0, 0.05) is 36.7 Å². The van der Waals surface area contributed by atoms with Crippen LogP contribution in [-0.4, -0.2) is 37.3 Å². The Bertz CT molecular complexity index is 974. The van der Waals surface area contributed by atoms with E-state index < -0.39 is 20.6 Å². The quantitative estimate of drug-likeness (QED) is 0.273. The highest BCUT2D eigenvalue weighted by atomic mass is 32.2. The summed E-state index contributed by atoms with van der Waals surface area (Å²) in [5.74, 6) is -0.175. The number of anilines is 1. The number of nitrogens with zero attached hydrogens (tertiary/aromatic N) is 2. The van der Waals surface area contributed by atoms with Crippen LogP contribution in [0.25, 0.3) is 0 Å². The molecule has 0 spiro atoms. The molecule has 0 radical (unpaired) electrons. The largest absolute Gasteiger partial charge is 0.379 e. The minimum atomic E-state index is -4.04. The molecule has 0 unspecified atom stereocenters. The second-order valence-corrected chi connectivity index (χ2v) is 8.85. The smallest absolute Gasteiger partial charge is 0.293 e. The van der Waals surface area contributed by atoms with Gasteiger partial charge in [-0.05, 0) is 38.3 Å². The third kappa shape index (κ3) is 7.40. The molecule has 0 aliphatic rings. The zero-order chi connectivity index (χ0) is 21.4. The summed E-state index contributed by atoms with van der Waals surface area (Å²) in [6.07, 6.45) is 2.76. The van der Waals surface area contributed by atoms with Gasteiger partial charge < -0.3 is 10.6 Å². The Kier molecular flexibility index (Phi) is 8.05. The number of hydrogen-bond donors (Lipinski definition) is 3. The fourth-order valence-corrected chi connectivity index (χ4v) is 3.89. The molecule has 0 fully saturated rings. The van der Waals surface area contributed by atoms with Gasteiger partial charge in [0.25, 0.3) is 5.69 Å². The van der Waals surface area contributed by atoms with Gasteiger partial charge in [-0.15, -0.1) is 11.3 Å². The summed E-state index contributed by atoms with van der Waals surface area (Å²) in [5.41, 5.74) is 0.716. The first-order valence-electron chi connectivity index (χ1n) is 8.89. The number of carbonyl (C=O) groups is 1. The van der Waals surface area contributed by atoms with Crippen molar-refractivity contribution in [2.24, 2.45) is 5.14 Å². The lowest BCUT2D eigenvalue weighted by atomic mass is 10.2. The molecule has 29 heavy (non-hydrogen) atoms. The van der Waals surface area contributed by atoms with Gasteiger partial charge >= 0.3 is 0 Å². The van der Waals surface area contributed by atoms with Crippen LogP contribution in [0.3, 0.4) is 0 Å². The van der Waals surface area contributed by atoms with Crippen LogP contribution >= 0.6 is 11.3 Å². The maximum absolute atomic E-state index is 11.9. The number of hydrogen-bond acceptors (Lipinski definition) is 8. The predicted molar refractivity (Wildman–Crippen MR) is 110 cm³/mol. The molecule has 1 aromatic heterocycles. The van der Waals surface area contributed by atoms with E-state index >= 15 is 0 Å². The standard InChI is InChI=1S/C17H23N5O5S2/c1-12-11-28-17(21-12)4-2-3-8-20-16(23)7-9-19-14-6-5-13(29(18,26)27)10-15(14)22(24)25/h5-6,10-11,19H,2-4,7-9H2,1H3,(H,20,23)(H2,18,26,27). The molecule has 158 valence electrons. The van der Waals surface area contributed by atoms with Crippen molar-refractivity contribution in [3.8, 4) is 0 Å². The van der Waals surface area contributed by atoms with Gasteiger partial charge in [0.15, 0.2) is 0 Å². The molecule has 10 nitrogen and oxygen atoms in total. The molecule has 2 aromatic rings. The Morgan fingerprint density at radius 1 is 1.31 bits per heavy atom. The van der Waals surface area contributed by atoms with E-state index in [1.54, 1.807) is 11.3 Å². The van der Waals surface area contributed by atoms with Crippen molar-refractivity contribution in [2.75, 3.05) is 18.4 Å². The third-order valence-corrected chi connectivity index (χ3v) is 5.91. The topological polar surface area (TPSA) is 157 Å². The van der Waals surface area contributed by atoms with Crippen LogP contribution in [0, 0.1) is 17.0 Å². The fraction of sp³-hybridized carbons (Fsp3) is 0.412. The first-order valence-corrected chi connectivity index (χ1v) is 11.3. The molecule has 2 rings (SSSR count). The van der Waals surface area contributed by atoms with E-state index in [1.807, 2.05) is 12.3 Å². The molecule has 12 heteroatoms. The molecule has 0 saturated carbocycles. The number of primary sulfonamides is 1. The summed E-state index contributed by atoms with van der Waals surface area (Å²) in [6.45, 7) is 2.67. The molecule has 0 aliphatic carbocycles. The summed E-state index contributed by atoms with van der Waals surface area (Å²) in [5, 5.41) is 24.8. The molecule has 4 N–H and O–H groups in total. The maximum atomic E-state index is 11.9. The molecule has 1 aromatic carbocycles. The Balaban J connectivity index is 1.73. The molecule has 0 saturated heterocycles. The van der Waals surface area contributed by atoms with E-state index in [0.29, 0.717) is 6.54 Å². The number of rotatable bonds is 11. The number of unbranched alkanes of at least 4 members (excludes halogenated alkanes) is 1. The van der Waals surface area contributed by atoms with Crippen molar-refractivity contribution in [3.63, 3.8) is 0 Å². The van der Waals surface area contributed by atoms with E-state index in [9.17, 15) is 23.3 Å². The summed E-state index contributed by atoms with van der Waals surface area (Å²) in [4.78, 5) is 26.4. The number of aryl methyl sites for hydroxylation is 2. The maximum Gasteiger partial charge on any atom is 0.293 e. The van der Waals surface area contributed by atoms with Crippen LogP contribution in [-0.2, 0) is 21.2 Å². The van der Waals surface area contributed by atoms with Gasteiger partial charge in [0.1, 0.15) is 5.69 Å². The van der Waals surface area contributed by atoms with Gasteiger partial charge in [0.2, 0.25) is 15.9 Å². The van der Waals surface area contributed by atoms with Gasteiger partial charge in [0.05, 0.1) is 14.8 Å². The highest BCUT2D eigenvalue weighted by molar-refractivity contribution is 7.89. The van der Waals surface area contributed by atoms with Gasteiger partial charge in [-0.1, -0.05) is 0 Å². The number of sulfonamides is 1. The summed E-state index contributed by atoms with van der Waals surface area (Å²) >= 11 is 1.63. The SMILES string of the molecule is Cc1csc(CCCCNC(=O)CCNc2ccc(S(N)(=O)=O)cc2[N+](=O)[O-])n1. The van der Waals surface area contributed by atoms with Crippen LogP contribution in [0.1, 0.15) is 30.0 Å². The Morgan fingerprint density at radius 3 is 2.69 bits per heavy atom. The second kappa shape index (κ2) is 10.3. The fourth-order valence-electron chi connectivity index (χ4n) is 2.53. The monoisotopic (exact) mass is 441 g/mol. The van der Waals surface area contributed by atoms with Crippen molar-refractivity contribution >= 4 is 38.6 Å². The van der Waals surface area contributed by atoms with Crippen LogP contribution in [0.15, 0.2) is 28.5 Å². The molecule has 1 amide bonds. The number of nitro groups is 1. The highest BCUT2D eigenvalue weighted by Crippen LogP contribution is 2.27. The third-order valence-electron chi connectivity index (χ3n) is 3.97. The van der Waals surface area contributed by atoms with Crippen molar-refractivity contribution in [2.45, 2.75) is 37.5 Å². The number of benzene rings is 1. The number of aromatic nitrogens is 1. The average molecular weight is 442 g/mol. The number of carbonyl (C=O) groups excluding carboxylic acids is 1. The van der Waals surface area contributed by atoms with Crippen LogP contribution in [0.4, 0.5) is 11.4 Å². The molecule has 1 heterocycles. The van der Waals surface area contributed by atoms with Crippen LogP contribution in [0.2, 0.25) is 0 Å². The zero-order valence-electron chi connectivity index (χ0n) is 15.9. The van der Waals surface area contributed by atoms with Crippen molar-refractivity contribution in [1.29, 1.82) is 0 Å². The first kappa shape index (κ1) is 22.7. The number of thiazole rings is 1. The number of nitrogens with two attached hydrogens (primary N) is 1. The highest BCUT2D eigenvalue weighted by Gasteiger charge is 2.19. The molecule has 0 atom stereocenters. The number of nitro benzene ring substituents is 1. The predicted octanol–water partition coefficient (Wildman–Crippen LogP) is 1.95. The van der Waals surface area contributed by atoms with E-state index in [0.717, 1.165) is 36.0 Å². The van der Waals surface area contributed by atoms with Gasteiger partial charge in [-0.25, -0.2) is 18.5 Å². The van der Waals surface area contributed by atoms with Crippen molar-refractivity contribution in [3.05, 3.63) is 44.4 Å². The minimum absolute atomic E-state index is 0.119. The van der Waals surface area contributed by atoms with E-state index in [1.165, 1.54) is 12.1 Å².